The normalized spacial score (nSPS) is 17.6. The zero-order valence-electron chi connectivity index (χ0n) is 16.6. The highest BCUT2D eigenvalue weighted by atomic mass is 16.6. The van der Waals surface area contributed by atoms with E-state index in [1.54, 1.807) is 42.5 Å². The molecule has 1 unspecified atom stereocenters. The lowest BCUT2D eigenvalue weighted by Gasteiger charge is -2.33. The first-order valence-corrected chi connectivity index (χ1v) is 9.38. The zero-order chi connectivity index (χ0) is 20.1. The van der Waals surface area contributed by atoms with Gasteiger partial charge in [0.15, 0.2) is 0 Å². The van der Waals surface area contributed by atoms with Gasteiger partial charge in [0.25, 0.3) is 0 Å². The highest BCUT2D eigenvalue weighted by Crippen LogP contribution is 2.36. The Morgan fingerprint density at radius 1 is 1.00 bits per heavy atom. The molecule has 1 atom stereocenters. The van der Waals surface area contributed by atoms with Crippen molar-refractivity contribution in [1.82, 2.24) is 4.90 Å². The summed E-state index contributed by atoms with van der Waals surface area (Å²) in [6, 6.07) is 13.8. The Bertz CT molecular complexity index is 780. The number of carbonyl (C=O) groups is 1. The monoisotopic (exact) mass is 385 g/mol. The summed E-state index contributed by atoms with van der Waals surface area (Å²) in [7, 11) is 5.09. The first kappa shape index (κ1) is 20.2. The highest BCUT2D eigenvalue weighted by Gasteiger charge is 2.43. The van der Waals surface area contributed by atoms with Crippen LogP contribution in [0.2, 0.25) is 0 Å². The van der Waals surface area contributed by atoms with E-state index in [9.17, 15) is 9.90 Å². The van der Waals surface area contributed by atoms with E-state index in [-0.39, 0.29) is 6.10 Å². The van der Waals surface area contributed by atoms with Crippen molar-refractivity contribution in [2.24, 2.45) is 0 Å². The highest BCUT2D eigenvalue weighted by molar-refractivity contribution is 5.86. The molecule has 2 aromatic rings. The van der Waals surface area contributed by atoms with Gasteiger partial charge in [-0.15, -0.1) is 0 Å². The van der Waals surface area contributed by atoms with Gasteiger partial charge < -0.3 is 24.2 Å². The smallest absolute Gasteiger partial charge is 0.347 e. The second kappa shape index (κ2) is 8.63. The van der Waals surface area contributed by atoms with Crippen LogP contribution in [-0.2, 0) is 15.1 Å². The number of aliphatic hydroxyl groups is 1. The molecule has 0 radical (unpaired) electrons. The van der Waals surface area contributed by atoms with Crippen molar-refractivity contribution < 1.29 is 24.1 Å². The van der Waals surface area contributed by atoms with Crippen molar-refractivity contribution in [2.75, 3.05) is 34.4 Å². The summed E-state index contributed by atoms with van der Waals surface area (Å²) >= 11 is 0. The van der Waals surface area contributed by atoms with Gasteiger partial charge in [0.1, 0.15) is 17.6 Å². The van der Waals surface area contributed by atoms with Crippen LogP contribution >= 0.6 is 0 Å². The molecule has 0 spiro atoms. The molecule has 1 aliphatic heterocycles. The predicted octanol–water partition coefficient (Wildman–Crippen LogP) is 2.58. The number of likely N-dealkylation sites (tertiary alicyclic amines) is 1. The molecule has 0 saturated carbocycles. The first-order valence-electron chi connectivity index (χ1n) is 9.38. The SMILES string of the molecule is COc1cc(OC)cc(C(O)(C(=O)OC2CCN(C)CC2)c2ccccc2)c1. The van der Waals surface area contributed by atoms with Gasteiger partial charge in [-0.05, 0) is 37.6 Å². The summed E-state index contributed by atoms with van der Waals surface area (Å²) in [5.41, 5.74) is -1.19. The topological polar surface area (TPSA) is 68.2 Å². The Morgan fingerprint density at radius 3 is 2.11 bits per heavy atom. The Balaban J connectivity index is 2.00. The standard InChI is InChI=1S/C22H27NO5/c1-23-11-9-18(10-12-23)28-21(24)22(25,16-7-5-4-6-8-16)17-13-19(26-2)15-20(14-17)27-3/h4-8,13-15,18,25H,9-12H2,1-3H3. The molecule has 6 nitrogen and oxygen atoms in total. The van der Waals surface area contributed by atoms with Crippen molar-refractivity contribution in [2.45, 2.75) is 24.5 Å². The van der Waals surface area contributed by atoms with E-state index in [1.807, 2.05) is 13.1 Å². The van der Waals surface area contributed by atoms with Gasteiger partial charge in [0.05, 0.1) is 14.2 Å². The fraction of sp³-hybridized carbons (Fsp3) is 0.409. The number of ether oxygens (including phenoxy) is 3. The molecular weight excluding hydrogens is 358 g/mol. The zero-order valence-corrected chi connectivity index (χ0v) is 16.6. The van der Waals surface area contributed by atoms with Crippen molar-refractivity contribution in [3.8, 4) is 11.5 Å². The molecule has 0 aliphatic carbocycles. The average molecular weight is 385 g/mol. The number of benzene rings is 2. The molecule has 6 heteroatoms. The molecule has 0 bridgehead atoms. The fourth-order valence-corrected chi connectivity index (χ4v) is 3.44. The Morgan fingerprint density at radius 2 is 1.57 bits per heavy atom. The number of carbonyl (C=O) groups excluding carboxylic acids is 1. The van der Waals surface area contributed by atoms with E-state index >= 15 is 0 Å². The van der Waals surface area contributed by atoms with Crippen molar-refractivity contribution in [3.63, 3.8) is 0 Å². The van der Waals surface area contributed by atoms with Gasteiger partial charge in [-0.2, -0.15) is 0 Å². The Labute approximate surface area is 165 Å². The Hall–Kier alpha value is -2.57. The second-order valence-electron chi connectivity index (χ2n) is 7.09. The van der Waals surface area contributed by atoms with Gasteiger partial charge in [-0.3, -0.25) is 0 Å². The van der Waals surface area contributed by atoms with E-state index in [0.717, 1.165) is 25.9 Å². The minimum atomic E-state index is -1.97. The van der Waals surface area contributed by atoms with E-state index in [4.69, 9.17) is 14.2 Å². The molecule has 0 aromatic heterocycles. The Kier molecular flexibility index (Phi) is 6.21. The first-order chi connectivity index (χ1) is 13.5. The molecule has 150 valence electrons. The number of rotatable bonds is 6. The van der Waals surface area contributed by atoms with Crippen LogP contribution in [-0.4, -0.2) is 56.4 Å². The summed E-state index contributed by atoms with van der Waals surface area (Å²) in [5.74, 6) is 0.273. The van der Waals surface area contributed by atoms with Crippen LogP contribution in [0.4, 0.5) is 0 Å². The number of nitrogens with zero attached hydrogens (tertiary/aromatic N) is 1. The predicted molar refractivity (Wildman–Crippen MR) is 106 cm³/mol. The number of hydrogen-bond acceptors (Lipinski definition) is 6. The van der Waals surface area contributed by atoms with Crippen LogP contribution in [0.3, 0.4) is 0 Å². The van der Waals surface area contributed by atoms with Gasteiger partial charge in [0.2, 0.25) is 5.60 Å². The number of piperidine rings is 1. The van der Waals surface area contributed by atoms with Gasteiger partial charge in [-0.1, -0.05) is 30.3 Å². The fourth-order valence-electron chi connectivity index (χ4n) is 3.44. The molecule has 1 heterocycles. The number of esters is 1. The maximum Gasteiger partial charge on any atom is 0.347 e. The molecule has 28 heavy (non-hydrogen) atoms. The molecule has 3 rings (SSSR count). The maximum atomic E-state index is 13.2. The largest absolute Gasteiger partial charge is 0.497 e. The molecular formula is C22H27NO5. The minimum Gasteiger partial charge on any atom is -0.497 e. The van der Waals surface area contributed by atoms with Crippen molar-refractivity contribution in [3.05, 3.63) is 59.7 Å². The number of methoxy groups -OCH3 is 2. The summed E-state index contributed by atoms with van der Waals surface area (Å²) in [6.45, 7) is 1.71. The van der Waals surface area contributed by atoms with Gasteiger partial charge >= 0.3 is 5.97 Å². The van der Waals surface area contributed by atoms with Gasteiger partial charge in [0, 0.05) is 24.7 Å². The second-order valence-corrected chi connectivity index (χ2v) is 7.09. The molecule has 1 aliphatic rings. The van der Waals surface area contributed by atoms with Crippen LogP contribution in [0.5, 0.6) is 11.5 Å². The minimum absolute atomic E-state index is 0.216. The van der Waals surface area contributed by atoms with Crippen molar-refractivity contribution >= 4 is 5.97 Å². The molecule has 2 aromatic carbocycles. The molecule has 0 amide bonds. The van der Waals surface area contributed by atoms with E-state index in [1.165, 1.54) is 14.2 Å². The summed E-state index contributed by atoms with van der Waals surface area (Å²) in [5, 5.41) is 11.6. The van der Waals surface area contributed by atoms with Gasteiger partial charge in [-0.25, -0.2) is 4.79 Å². The van der Waals surface area contributed by atoms with Crippen LogP contribution in [0, 0.1) is 0 Å². The lowest BCUT2D eigenvalue weighted by atomic mass is 9.86. The summed E-state index contributed by atoms with van der Waals surface area (Å²) < 4.78 is 16.4. The van der Waals surface area contributed by atoms with Crippen LogP contribution in [0.1, 0.15) is 24.0 Å². The average Bonchev–Trinajstić information content (AvgIpc) is 2.74. The molecule has 1 N–H and O–H groups in total. The summed E-state index contributed by atoms with van der Waals surface area (Å²) in [4.78, 5) is 15.4. The van der Waals surface area contributed by atoms with Crippen molar-refractivity contribution in [1.29, 1.82) is 0 Å². The van der Waals surface area contributed by atoms with E-state index in [0.29, 0.717) is 22.6 Å². The third kappa shape index (κ3) is 4.13. The van der Waals surface area contributed by atoms with E-state index in [2.05, 4.69) is 4.90 Å². The lowest BCUT2D eigenvalue weighted by Crippen LogP contribution is -2.43. The third-order valence-electron chi connectivity index (χ3n) is 5.20. The quantitative estimate of drug-likeness (QED) is 0.771. The van der Waals surface area contributed by atoms with Crippen LogP contribution in [0.25, 0.3) is 0 Å². The van der Waals surface area contributed by atoms with Crippen LogP contribution in [0.15, 0.2) is 48.5 Å². The maximum absolute atomic E-state index is 13.2. The molecule has 1 fully saturated rings. The van der Waals surface area contributed by atoms with E-state index < -0.39 is 11.6 Å². The van der Waals surface area contributed by atoms with Crippen LogP contribution < -0.4 is 9.47 Å². The molecule has 1 saturated heterocycles. The number of hydrogen-bond donors (Lipinski definition) is 1. The summed E-state index contributed by atoms with van der Waals surface area (Å²) in [6.07, 6.45) is 1.27. The third-order valence-corrected chi connectivity index (χ3v) is 5.20. The lowest BCUT2D eigenvalue weighted by molar-refractivity contribution is -0.169.